The van der Waals surface area contributed by atoms with Gasteiger partial charge in [0.1, 0.15) is 5.84 Å². The standard InChI is InChI=1S/C8H6F6N4O/c9-7(10,11)6(8(12,13)14)19-5-3(4(15)16)17-1-2-18-5/h1-2,6H,(H3,15,16). The molecule has 1 aromatic rings. The van der Waals surface area contributed by atoms with E-state index in [9.17, 15) is 26.3 Å². The van der Waals surface area contributed by atoms with E-state index in [4.69, 9.17) is 11.1 Å². The molecule has 0 bridgehead atoms. The maximum Gasteiger partial charge on any atom is 0.434 e. The van der Waals surface area contributed by atoms with Gasteiger partial charge in [0.05, 0.1) is 0 Å². The molecule has 1 rings (SSSR count). The largest absolute Gasteiger partial charge is 0.453 e. The summed E-state index contributed by atoms with van der Waals surface area (Å²) in [7, 11) is 0. The van der Waals surface area contributed by atoms with Gasteiger partial charge in [-0.1, -0.05) is 0 Å². The van der Waals surface area contributed by atoms with Crippen molar-refractivity contribution in [3.05, 3.63) is 18.1 Å². The third kappa shape index (κ3) is 3.69. The number of amidine groups is 1. The molecule has 0 fully saturated rings. The zero-order chi connectivity index (χ0) is 14.8. The highest BCUT2D eigenvalue weighted by Crippen LogP contribution is 2.36. The molecular formula is C8H6F6N4O. The highest BCUT2D eigenvalue weighted by molar-refractivity contribution is 5.94. The number of nitrogens with one attached hydrogen (secondary N) is 1. The van der Waals surface area contributed by atoms with E-state index in [2.05, 4.69) is 14.7 Å². The van der Waals surface area contributed by atoms with Crippen LogP contribution in [0.1, 0.15) is 5.69 Å². The Balaban J connectivity index is 3.15. The van der Waals surface area contributed by atoms with Crippen LogP contribution in [-0.4, -0.2) is 34.3 Å². The second-order valence-corrected chi connectivity index (χ2v) is 3.20. The number of hydrogen-bond acceptors (Lipinski definition) is 4. The van der Waals surface area contributed by atoms with E-state index in [0.29, 0.717) is 0 Å². The van der Waals surface area contributed by atoms with E-state index in [1.165, 1.54) is 0 Å². The molecule has 0 amide bonds. The molecule has 0 saturated carbocycles. The lowest BCUT2D eigenvalue weighted by molar-refractivity contribution is -0.300. The zero-order valence-electron chi connectivity index (χ0n) is 8.88. The van der Waals surface area contributed by atoms with Crippen LogP contribution in [0.2, 0.25) is 0 Å². The quantitative estimate of drug-likeness (QED) is 0.503. The highest BCUT2D eigenvalue weighted by atomic mass is 19.4. The highest BCUT2D eigenvalue weighted by Gasteiger charge is 2.59. The molecule has 0 saturated heterocycles. The van der Waals surface area contributed by atoms with E-state index in [1.54, 1.807) is 0 Å². The fourth-order valence-corrected chi connectivity index (χ4v) is 1.03. The summed E-state index contributed by atoms with van der Waals surface area (Å²) in [4.78, 5) is 6.48. The van der Waals surface area contributed by atoms with Gasteiger partial charge in [0.2, 0.25) is 5.88 Å². The van der Waals surface area contributed by atoms with Gasteiger partial charge >= 0.3 is 12.4 Å². The minimum atomic E-state index is -5.69. The van der Waals surface area contributed by atoms with E-state index in [-0.39, 0.29) is 0 Å². The van der Waals surface area contributed by atoms with Crippen molar-refractivity contribution in [1.29, 1.82) is 5.41 Å². The van der Waals surface area contributed by atoms with Gasteiger partial charge in [-0.3, -0.25) is 5.41 Å². The summed E-state index contributed by atoms with van der Waals surface area (Å²) in [5, 5.41) is 6.97. The molecule has 0 aliphatic heterocycles. The SMILES string of the molecule is N=C(N)c1nccnc1OC(C(F)(F)F)C(F)(F)F. The van der Waals surface area contributed by atoms with Crippen LogP contribution in [0.25, 0.3) is 0 Å². The Kier molecular flexibility index (Phi) is 3.86. The van der Waals surface area contributed by atoms with Gasteiger partial charge in [0, 0.05) is 12.4 Å². The summed E-state index contributed by atoms with van der Waals surface area (Å²) in [5.41, 5.74) is 4.24. The minimum absolute atomic E-state index is 0.707. The Hall–Kier alpha value is -2.07. The van der Waals surface area contributed by atoms with Gasteiger partial charge in [-0.2, -0.15) is 26.3 Å². The molecule has 106 valence electrons. The Morgan fingerprint density at radius 2 is 1.58 bits per heavy atom. The van der Waals surface area contributed by atoms with Crippen LogP contribution < -0.4 is 10.5 Å². The van der Waals surface area contributed by atoms with Crippen LogP contribution in [-0.2, 0) is 0 Å². The normalized spacial score (nSPS) is 12.6. The predicted octanol–water partition coefficient (Wildman–Crippen LogP) is 1.63. The third-order valence-electron chi connectivity index (χ3n) is 1.74. The Bertz CT molecular complexity index is 457. The Morgan fingerprint density at radius 3 is 2.00 bits per heavy atom. The molecule has 1 aromatic heterocycles. The number of nitrogens with zero attached hydrogens (tertiary/aromatic N) is 2. The number of hydrogen-bond donors (Lipinski definition) is 2. The monoisotopic (exact) mass is 288 g/mol. The molecule has 1 heterocycles. The first kappa shape index (κ1) is 15.0. The predicted molar refractivity (Wildman–Crippen MR) is 49.6 cm³/mol. The molecule has 5 nitrogen and oxygen atoms in total. The first-order chi connectivity index (χ1) is 8.53. The van der Waals surface area contributed by atoms with Crippen LogP contribution in [0.15, 0.2) is 12.4 Å². The Labute approximate surface area is 101 Å². The second-order valence-electron chi connectivity index (χ2n) is 3.20. The third-order valence-corrected chi connectivity index (χ3v) is 1.74. The van der Waals surface area contributed by atoms with Crippen molar-refractivity contribution < 1.29 is 31.1 Å². The van der Waals surface area contributed by atoms with Crippen LogP contribution in [0, 0.1) is 5.41 Å². The van der Waals surface area contributed by atoms with Crippen molar-refractivity contribution in [2.45, 2.75) is 18.5 Å². The van der Waals surface area contributed by atoms with Gasteiger partial charge in [-0.15, -0.1) is 0 Å². The molecule has 19 heavy (non-hydrogen) atoms. The molecule has 0 unspecified atom stereocenters. The molecule has 0 aliphatic carbocycles. The lowest BCUT2D eigenvalue weighted by Crippen LogP contribution is -2.47. The number of nitrogens with two attached hydrogens (primary N) is 1. The summed E-state index contributed by atoms with van der Waals surface area (Å²) >= 11 is 0. The number of halogens is 6. The van der Waals surface area contributed by atoms with Crippen molar-refractivity contribution in [3.63, 3.8) is 0 Å². The summed E-state index contributed by atoms with van der Waals surface area (Å²) < 4.78 is 77.3. The number of aromatic nitrogens is 2. The number of rotatable bonds is 3. The lowest BCUT2D eigenvalue weighted by Gasteiger charge is -2.23. The number of ether oxygens (including phenoxy) is 1. The van der Waals surface area contributed by atoms with Gasteiger partial charge in [0.15, 0.2) is 5.69 Å². The molecule has 11 heteroatoms. The number of nitrogen functional groups attached to an aromatic ring is 1. The maximum atomic E-state index is 12.3. The molecule has 0 aliphatic rings. The van der Waals surface area contributed by atoms with Gasteiger partial charge < -0.3 is 10.5 Å². The molecule has 0 atom stereocenters. The van der Waals surface area contributed by atoms with Crippen molar-refractivity contribution in [2.75, 3.05) is 0 Å². The van der Waals surface area contributed by atoms with Gasteiger partial charge in [-0.05, 0) is 0 Å². The summed E-state index contributed by atoms with van der Waals surface area (Å²) in [5.74, 6) is -1.99. The summed E-state index contributed by atoms with van der Waals surface area (Å²) in [6.07, 6.45) is -13.7. The lowest BCUT2D eigenvalue weighted by atomic mass is 10.3. The zero-order valence-corrected chi connectivity index (χ0v) is 8.88. The molecule has 0 radical (unpaired) electrons. The summed E-state index contributed by atoms with van der Waals surface area (Å²) in [6.45, 7) is 0. The molecule has 3 N–H and O–H groups in total. The van der Waals surface area contributed by atoms with Crippen LogP contribution in [0.4, 0.5) is 26.3 Å². The first-order valence-corrected chi connectivity index (χ1v) is 4.49. The average molecular weight is 288 g/mol. The van der Waals surface area contributed by atoms with Crippen molar-refractivity contribution in [1.82, 2.24) is 9.97 Å². The minimum Gasteiger partial charge on any atom is -0.453 e. The molecular weight excluding hydrogens is 282 g/mol. The van der Waals surface area contributed by atoms with Crippen molar-refractivity contribution in [3.8, 4) is 5.88 Å². The van der Waals surface area contributed by atoms with Crippen LogP contribution in [0.5, 0.6) is 5.88 Å². The fourth-order valence-electron chi connectivity index (χ4n) is 1.03. The molecule has 0 spiro atoms. The molecule has 0 aromatic carbocycles. The van der Waals surface area contributed by atoms with E-state index in [1.807, 2.05) is 0 Å². The number of alkyl halides is 6. The second kappa shape index (κ2) is 4.90. The van der Waals surface area contributed by atoms with Crippen LogP contribution >= 0.6 is 0 Å². The van der Waals surface area contributed by atoms with Gasteiger partial charge in [0.25, 0.3) is 6.10 Å². The van der Waals surface area contributed by atoms with Crippen LogP contribution in [0.3, 0.4) is 0 Å². The average Bonchev–Trinajstić information content (AvgIpc) is 2.23. The van der Waals surface area contributed by atoms with E-state index in [0.717, 1.165) is 12.4 Å². The van der Waals surface area contributed by atoms with Crippen molar-refractivity contribution >= 4 is 5.84 Å². The topological polar surface area (TPSA) is 84.9 Å². The van der Waals surface area contributed by atoms with E-state index < -0.39 is 35.9 Å². The fraction of sp³-hybridized carbons (Fsp3) is 0.375. The maximum absolute atomic E-state index is 12.3. The smallest absolute Gasteiger partial charge is 0.434 e. The van der Waals surface area contributed by atoms with E-state index >= 15 is 0 Å². The Morgan fingerprint density at radius 1 is 1.11 bits per heavy atom. The van der Waals surface area contributed by atoms with Crippen molar-refractivity contribution in [2.24, 2.45) is 5.73 Å². The van der Waals surface area contributed by atoms with Gasteiger partial charge in [-0.25, -0.2) is 9.97 Å². The summed E-state index contributed by atoms with van der Waals surface area (Å²) in [6, 6.07) is 0. The first-order valence-electron chi connectivity index (χ1n) is 4.49.